The molecule has 12 heavy (non-hydrogen) atoms. The van der Waals surface area contributed by atoms with Crippen molar-refractivity contribution < 1.29 is 4.57 Å². The third kappa shape index (κ3) is 3.11. The number of hydrogen-bond donors (Lipinski definition) is 0. The van der Waals surface area contributed by atoms with Gasteiger partial charge in [-0.1, -0.05) is 27.7 Å². The fourth-order valence-corrected chi connectivity index (χ4v) is 4.62. The van der Waals surface area contributed by atoms with Crippen LogP contribution in [0.25, 0.3) is 0 Å². The largest absolute Gasteiger partial charge is 0.323 e. The lowest BCUT2D eigenvalue weighted by molar-refractivity contribution is 0.560. The van der Waals surface area contributed by atoms with Crippen molar-refractivity contribution in [3.63, 3.8) is 0 Å². The first-order valence-corrected chi connectivity index (χ1v) is 7.16. The highest BCUT2D eigenvalue weighted by molar-refractivity contribution is 7.65. The fraction of sp³-hybridized carbons (Fsp3) is 1.00. The topological polar surface area (TPSA) is 17.1 Å². The summed E-state index contributed by atoms with van der Waals surface area (Å²) in [6.07, 6.45) is 1.70. The Labute approximate surface area is 81.3 Å². The molecule has 0 bridgehead atoms. The molecule has 3 heteroatoms. The first kappa shape index (κ1) is 12.5. The summed E-state index contributed by atoms with van der Waals surface area (Å²) in [6, 6.07) is 0. The summed E-state index contributed by atoms with van der Waals surface area (Å²) in [4.78, 5) is 0. The molecule has 0 aromatic carbocycles. The summed E-state index contributed by atoms with van der Waals surface area (Å²) in [5.74, 6) is 0.628. The summed E-state index contributed by atoms with van der Waals surface area (Å²) < 4.78 is 12.3. The predicted molar refractivity (Wildman–Crippen MR) is 58.1 cm³/mol. The number of alkyl halides is 1. The molecule has 0 atom stereocenters. The van der Waals surface area contributed by atoms with Crippen molar-refractivity contribution in [2.45, 2.75) is 45.4 Å². The molecular weight excluding hydrogens is 191 g/mol. The summed E-state index contributed by atoms with van der Waals surface area (Å²) >= 11 is 5.60. The maximum Gasteiger partial charge on any atom is 0.0925 e. The molecule has 0 rings (SSSR count). The van der Waals surface area contributed by atoms with Crippen molar-refractivity contribution in [1.29, 1.82) is 0 Å². The maximum atomic E-state index is 12.3. The van der Waals surface area contributed by atoms with E-state index in [1.807, 2.05) is 0 Å². The van der Waals surface area contributed by atoms with E-state index < -0.39 is 7.14 Å². The molecule has 0 heterocycles. The van der Waals surface area contributed by atoms with Gasteiger partial charge in [-0.05, 0) is 6.42 Å². The molecule has 0 aliphatic heterocycles. The van der Waals surface area contributed by atoms with Gasteiger partial charge < -0.3 is 4.57 Å². The number of halogens is 1. The highest BCUT2D eigenvalue weighted by Gasteiger charge is 2.29. The highest BCUT2D eigenvalue weighted by Crippen LogP contribution is 2.55. The molecule has 0 spiro atoms. The number of hydrogen-bond acceptors (Lipinski definition) is 1. The third-order valence-corrected chi connectivity index (χ3v) is 7.17. The van der Waals surface area contributed by atoms with Gasteiger partial charge in [0.05, 0.1) is 7.14 Å². The van der Waals surface area contributed by atoms with Crippen molar-refractivity contribution >= 4 is 18.7 Å². The van der Waals surface area contributed by atoms with Crippen LogP contribution in [0.3, 0.4) is 0 Å². The molecule has 0 unspecified atom stereocenters. The predicted octanol–water partition coefficient (Wildman–Crippen LogP) is 3.80. The van der Waals surface area contributed by atoms with Gasteiger partial charge in [0.15, 0.2) is 0 Å². The molecule has 0 radical (unpaired) electrons. The van der Waals surface area contributed by atoms with Crippen LogP contribution in [0.2, 0.25) is 0 Å². The van der Waals surface area contributed by atoms with Crippen LogP contribution >= 0.6 is 18.7 Å². The monoisotopic (exact) mass is 210 g/mol. The molecule has 0 saturated heterocycles. The average molecular weight is 211 g/mol. The van der Waals surface area contributed by atoms with Gasteiger partial charge in [-0.15, -0.1) is 11.6 Å². The van der Waals surface area contributed by atoms with E-state index in [0.717, 1.165) is 12.6 Å². The number of rotatable bonds is 5. The first-order chi connectivity index (χ1) is 5.45. The standard InChI is InChI=1S/C9H20ClOP/c1-8(2)12(11,9(3)4)7-5-6-10/h8-9H,5-7H2,1-4H3. The Morgan fingerprint density at radius 2 is 1.58 bits per heavy atom. The normalized spacial score (nSPS) is 12.9. The van der Waals surface area contributed by atoms with Crippen LogP contribution in [0.15, 0.2) is 0 Å². The lowest BCUT2D eigenvalue weighted by Gasteiger charge is -2.25. The fourth-order valence-electron chi connectivity index (χ4n) is 1.42. The van der Waals surface area contributed by atoms with E-state index in [1.54, 1.807) is 0 Å². The van der Waals surface area contributed by atoms with E-state index in [2.05, 4.69) is 27.7 Å². The molecule has 0 saturated carbocycles. The minimum Gasteiger partial charge on any atom is -0.323 e. The van der Waals surface area contributed by atoms with Gasteiger partial charge in [0, 0.05) is 23.4 Å². The molecule has 0 N–H and O–H groups in total. The van der Waals surface area contributed by atoms with Crippen LogP contribution in [0.5, 0.6) is 0 Å². The Bertz CT molecular complexity index is 154. The van der Waals surface area contributed by atoms with Crippen molar-refractivity contribution in [1.82, 2.24) is 0 Å². The quantitative estimate of drug-likeness (QED) is 0.498. The molecular formula is C9H20ClOP. The Hall–Kier alpha value is 0.520. The Morgan fingerprint density at radius 1 is 1.17 bits per heavy atom. The summed E-state index contributed by atoms with van der Waals surface area (Å²) in [5.41, 5.74) is 0.612. The van der Waals surface area contributed by atoms with Crippen molar-refractivity contribution in [2.75, 3.05) is 12.0 Å². The Kier molecular flexibility index (Phi) is 5.52. The van der Waals surface area contributed by atoms with E-state index >= 15 is 0 Å². The van der Waals surface area contributed by atoms with E-state index in [-0.39, 0.29) is 0 Å². The molecule has 0 fully saturated rings. The molecule has 1 nitrogen and oxygen atoms in total. The summed E-state index contributed by atoms with van der Waals surface area (Å²) in [6.45, 7) is 8.20. The van der Waals surface area contributed by atoms with E-state index in [4.69, 9.17) is 11.6 Å². The second kappa shape index (κ2) is 5.29. The lowest BCUT2D eigenvalue weighted by Crippen LogP contribution is -2.11. The molecule has 0 aromatic rings. The van der Waals surface area contributed by atoms with E-state index in [1.165, 1.54) is 0 Å². The second-order valence-corrected chi connectivity index (χ2v) is 8.41. The Balaban J connectivity index is 4.31. The van der Waals surface area contributed by atoms with Gasteiger partial charge in [-0.25, -0.2) is 0 Å². The third-order valence-electron chi connectivity index (χ3n) is 2.39. The zero-order chi connectivity index (χ0) is 9.78. The summed E-state index contributed by atoms with van der Waals surface area (Å²) in [5, 5.41) is 0. The smallest absolute Gasteiger partial charge is 0.0925 e. The highest BCUT2D eigenvalue weighted by atomic mass is 35.5. The van der Waals surface area contributed by atoms with Crippen LogP contribution in [-0.2, 0) is 4.57 Å². The molecule has 74 valence electrons. The maximum absolute atomic E-state index is 12.3. The van der Waals surface area contributed by atoms with Gasteiger partial charge in [-0.3, -0.25) is 0 Å². The van der Waals surface area contributed by atoms with Crippen LogP contribution in [0, 0.1) is 0 Å². The van der Waals surface area contributed by atoms with Gasteiger partial charge in [-0.2, -0.15) is 0 Å². The van der Waals surface area contributed by atoms with Crippen molar-refractivity contribution in [3.05, 3.63) is 0 Å². The Morgan fingerprint density at radius 3 is 1.83 bits per heavy atom. The second-order valence-electron chi connectivity index (χ2n) is 3.81. The zero-order valence-electron chi connectivity index (χ0n) is 8.51. The lowest BCUT2D eigenvalue weighted by atomic mass is 10.5. The van der Waals surface area contributed by atoms with Crippen molar-refractivity contribution in [3.8, 4) is 0 Å². The minimum absolute atomic E-state index is 0.306. The van der Waals surface area contributed by atoms with E-state index in [0.29, 0.717) is 17.2 Å². The van der Waals surface area contributed by atoms with Crippen LogP contribution in [-0.4, -0.2) is 23.4 Å². The minimum atomic E-state index is -1.96. The van der Waals surface area contributed by atoms with Gasteiger partial charge in [0.25, 0.3) is 0 Å². The summed E-state index contributed by atoms with van der Waals surface area (Å²) in [7, 11) is -1.96. The van der Waals surface area contributed by atoms with E-state index in [9.17, 15) is 4.57 Å². The van der Waals surface area contributed by atoms with Crippen LogP contribution in [0.1, 0.15) is 34.1 Å². The van der Waals surface area contributed by atoms with Gasteiger partial charge in [0.2, 0.25) is 0 Å². The molecule has 0 aromatic heterocycles. The zero-order valence-corrected chi connectivity index (χ0v) is 10.2. The molecule has 0 amide bonds. The average Bonchev–Trinajstić information content (AvgIpc) is 1.99. The van der Waals surface area contributed by atoms with Gasteiger partial charge in [0.1, 0.15) is 0 Å². The van der Waals surface area contributed by atoms with Crippen LogP contribution < -0.4 is 0 Å². The molecule has 0 aliphatic rings. The first-order valence-electron chi connectivity index (χ1n) is 4.59. The van der Waals surface area contributed by atoms with Crippen LogP contribution in [0.4, 0.5) is 0 Å². The van der Waals surface area contributed by atoms with Gasteiger partial charge >= 0.3 is 0 Å². The molecule has 0 aliphatic carbocycles. The van der Waals surface area contributed by atoms with Crippen molar-refractivity contribution in [2.24, 2.45) is 0 Å². The SMILES string of the molecule is CC(C)P(=O)(CCCCl)C(C)C.